The molecule has 0 radical (unpaired) electrons. The van der Waals surface area contributed by atoms with E-state index in [9.17, 15) is 4.79 Å². The van der Waals surface area contributed by atoms with E-state index in [1.54, 1.807) is 32.7 Å². The predicted octanol–water partition coefficient (Wildman–Crippen LogP) is 2.37. The van der Waals surface area contributed by atoms with Gasteiger partial charge in [-0.2, -0.15) is 5.10 Å². The quantitative estimate of drug-likeness (QED) is 0.721. The molecule has 2 heterocycles. The van der Waals surface area contributed by atoms with Crippen LogP contribution in [0.3, 0.4) is 0 Å². The summed E-state index contributed by atoms with van der Waals surface area (Å²) in [5.74, 6) is 1.36. The van der Waals surface area contributed by atoms with Gasteiger partial charge in [0.05, 0.1) is 26.5 Å². The van der Waals surface area contributed by atoms with Crippen LogP contribution in [0.25, 0.3) is 11.3 Å². The molecule has 0 spiro atoms. The molecule has 3 rings (SSSR count). The maximum absolute atomic E-state index is 12.1. The minimum atomic E-state index is -0.169. The van der Waals surface area contributed by atoms with Crippen LogP contribution in [0.2, 0.25) is 0 Å². The molecule has 0 bridgehead atoms. The molecular weight excluding hydrogens is 306 g/mol. The Bertz CT molecular complexity index is 892. The number of nitrogens with zero attached hydrogens (tertiary/aromatic N) is 3. The molecule has 0 N–H and O–H groups in total. The summed E-state index contributed by atoms with van der Waals surface area (Å²) in [5, 5.41) is 4.47. The maximum Gasteiger partial charge on any atom is 0.267 e. The van der Waals surface area contributed by atoms with E-state index in [0.717, 1.165) is 11.1 Å². The Labute approximate surface area is 139 Å². The Morgan fingerprint density at radius 2 is 1.79 bits per heavy atom. The first-order chi connectivity index (χ1) is 11.7. The lowest BCUT2D eigenvalue weighted by molar-refractivity contribution is 0.404. The molecule has 0 amide bonds. The molecular formula is C18H17N3O3. The van der Waals surface area contributed by atoms with Crippen LogP contribution in [0.4, 0.5) is 0 Å². The van der Waals surface area contributed by atoms with Crippen LogP contribution in [-0.2, 0) is 6.54 Å². The zero-order chi connectivity index (χ0) is 16.9. The van der Waals surface area contributed by atoms with E-state index in [1.165, 1.54) is 10.7 Å². The van der Waals surface area contributed by atoms with E-state index in [-0.39, 0.29) is 5.56 Å². The highest BCUT2D eigenvalue weighted by molar-refractivity contribution is 5.68. The second-order valence-corrected chi connectivity index (χ2v) is 5.14. The third-order valence-corrected chi connectivity index (χ3v) is 3.63. The standard InChI is InChI=1S/C18H17N3O3/c1-23-14-3-5-17(24-2)15(11-14)16-4-6-18(22)21(20-16)12-13-7-9-19-10-8-13/h3-11H,12H2,1-2H3. The second-order valence-electron chi connectivity index (χ2n) is 5.14. The fraction of sp³-hybridized carbons (Fsp3) is 0.167. The number of hydrogen-bond acceptors (Lipinski definition) is 5. The van der Waals surface area contributed by atoms with Gasteiger partial charge in [-0.05, 0) is 42.0 Å². The Morgan fingerprint density at radius 3 is 2.50 bits per heavy atom. The molecule has 0 saturated heterocycles. The lowest BCUT2D eigenvalue weighted by atomic mass is 10.1. The molecule has 0 atom stereocenters. The molecule has 2 aromatic heterocycles. The molecule has 24 heavy (non-hydrogen) atoms. The summed E-state index contributed by atoms with van der Waals surface area (Å²) in [6.07, 6.45) is 3.38. The van der Waals surface area contributed by atoms with E-state index < -0.39 is 0 Å². The number of hydrogen-bond donors (Lipinski definition) is 0. The van der Waals surface area contributed by atoms with Gasteiger partial charge in [-0.3, -0.25) is 9.78 Å². The molecule has 0 aliphatic heterocycles. The predicted molar refractivity (Wildman–Crippen MR) is 90.4 cm³/mol. The molecule has 0 unspecified atom stereocenters. The number of methoxy groups -OCH3 is 2. The Balaban J connectivity index is 2.04. The van der Waals surface area contributed by atoms with E-state index in [4.69, 9.17) is 9.47 Å². The second kappa shape index (κ2) is 6.95. The summed E-state index contributed by atoms with van der Waals surface area (Å²) in [6.45, 7) is 0.376. The highest BCUT2D eigenvalue weighted by atomic mass is 16.5. The number of pyridine rings is 1. The van der Waals surface area contributed by atoms with Gasteiger partial charge < -0.3 is 9.47 Å². The van der Waals surface area contributed by atoms with Gasteiger partial charge in [0.25, 0.3) is 5.56 Å². The largest absolute Gasteiger partial charge is 0.497 e. The number of benzene rings is 1. The minimum absolute atomic E-state index is 0.169. The van der Waals surface area contributed by atoms with Crippen molar-refractivity contribution in [3.63, 3.8) is 0 Å². The zero-order valence-electron chi connectivity index (χ0n) is 13.5. The Hall–Kier alpha value is -3.15. The Kier molecular flexibility index (Phi) is 4.56. The number of aromatic nitrogens is 3. The van der Waals surface area contributed by atoms with Crippen LogP contribution in [0, 0.1) is 0 Å². The third kappa shape index (κ3) is 3.27. The smallest absolute Gasteiger partial charge is 0.267 e. The monoisotopic (exact) mass is 323 g/mol. The van der Waals surface area contributed by atoms with E-state index in [1.807, 2.05) is 30.3 Å². The zero-order valence-corrected chi connectivity index (χ0v) is 13.5. The lowest BCUT2D eigenvalue weighted by Gasteiger charge is -2.11. The van der Waals surface area contributed by atoms with Crippen molar-refractivity contribution in [2.24, 2.45) is 0 Å². The van der Waals surface area contributed by atoms with Gasteiger partial charge in [0.2, 0.25) is 0 Å². The molecule has 0 fully saturated rings. The van der Waals surface area contributed by atoms with Crippen LogP contribution in [0.5, 0.6) is 11.5 Å². The van der Waals surface area contributed by atoms with Crippen molar-refractivity contribution in [1.82, 2.24) is 14.8 Å². The van der Waals surface area contributed by atoms with Crippen LogP contribution in [-0.4, -0.2) is 29.0 Å². The van der Waals surface area contributed by atoms with Gasteiger partial charge in [0, 0.05) is 24.0 Å². The van der Waals surface area contributed by atoms with E-state index >= 15 is 0 Å². The van der Waals surface area contributed by atoms with Crippen LogP contribution in [0.15, 0.2) is 59.7 Å². The van der Waals surface area contributed by atoms with Crippen LogP contribution < -0.4 is 15.0 Å². The molecule has 0 aliphatic rings. The topological polar surface area (TPSA) is 66.2 Å². The van der Waals surface area contributed by atoms with Gasteiger partial charge in [0.15, 0.2) is 0 Å². The Morgan fingerprint density at radius 1 is 1.00 bits per heavy atom. The molecule has 6 heteroatoms. The SMILES string of the molecule is COc1ccc(OC)c(-c2ccc(=O)n(Cc3ccncc3)n2)c1. The van der Waals surface area contributed by atoms with Gasteiger partial charge in [-0.15, -0.1) is 0 Å². The van der Waals surface area contributed by atoms with Crippen LogP contribution >= 0.6 is 0 Å². The normalized spacial score (nSPS) is 10.4. The molecule has 0 saturated carbocycles. The molecule has 0 aliphatic carbocycles. The van der Waals surface area contributed by atoms with Gasteiger partial charge in [0.1, 0.15) is 11.5 Å². The lowest BCUT2D eigenvalue weighted by Crippen LogP contribution is -2.22. The highest BCUT2D eigenvalue weighted by Crippen LogP contribution is 2.31. The van der Waals surface area contributed by atoms with Crippen LogP contribution in [0.1, 0.15) is 5.56 Å². The van der Waals surface area contributed by atoms with E-state index in [0.29, 0.717) is 23.7 Å². The fourth-order valence-electron chi connectivity index (χ4n) is 2.38. The average Bonchev–Trinajstić information content (AvgIpc) is 2.64. The fourth-order valence-corrected chi connectivity index (χ4v) is 2.38. The first-order valence-corrected chi connectivity index (χ1v) is 7.40. The van der Waals surface area contributed by atoms with E-state index in [2.05, 4.69) is 10.1 Å². The van der Waals surface area contributed by atoms with Gasteiger partial charge in [-0.25, -0.2) is 4.68 Å². The van der Waals surface area contributed by atoms with Crippen molar-refractivity contribution >= 4 is 0 Å². The molecule has 6 nitrogen and oxygen atoms in total. The van der Waals surface area contributed by atoms with Crippen molar-refractivity contribution < 1.29 is 9.47 Å². The first-order valence-electron chi connectivity index (χ1n) is 7.40. The van der Waals surface area contributed by atoms with Crippen molar-refractivity contribution in [1.29, 1.82) is 0 Å². The van der Waals surface area contributed by atoms with Gasteiger partial charge in [-0.1, -0.05) is 0 Å². The third-order valence-electron chi connectivity index (χ3n) is 3.63. The number of rotatable bonds is 5. The van der Waals surface area contributed by atoms with Crippen molar-refractivity contribution in [3.05, 3.63) is 70.8 Å². The molecule has 3 aromatic rings. The number of ether oxygens (including phenoxy) is 2. The summed E-state index contributed by atoms with van der Waals surface area (Å²) in [7, 11) is 3.20. The summed E-state index contributed by atoms with van der Waals surface area (Å²) in [6, 6.07) is 12.4. The highest BCUT2D eigenvalue weighted by Gasteiger charge is 2.11. The summed E-state index contributed by atoms with van der Waals surface area (Å²) < 4.78 is 12.1. The van der Waals surface area contributed by atoms with Crippen molar-refractivity contribution in [2.45, 2.75) is 6.54 Å². The maximum atomic E-state index is 12.1. The average molecular weight is 323 g/mol. The first kappa shape index (κ1) is 15.7. The summed E-state index contributed by atoms with van der Waals surface area (Å²) >= 11 is 0. The van der Waals surface area contributed by atoms with Crippen molar-refractivity contribution in [2.75, 3.05) is 14.2 Å². The van der Waals surface area contributed by atoms with Crippen molar-refractivity contribution in [3.8, 4) is 22.8 Å². The summed E-state index contributed by atoms with van der Waals surface area (Å²) in [5.41, 5.74) is 2.19. The summed E-state index contributed by atoms with van der Waals surface area (Å²) in [4.78, 5) is 16.1. The minimum Gasteiger partial charge on any atom is -0.497 e. The van der Waals surface area contributed by atoms with Gasteiger partial charge >= 0.3 is 0 Å². The molecule has 122 valence electrons. The molecule has 1 aromatic carbocycles.